The van der Waals surface area contributed by atoms with Crippen LogP contribution in [0.3, 0.4) is 0 Å². The van der Waals surface area contributed by atoms with Crippen LogP contribution in [0.25, 0.3) is 0 Å². The molecule has 4 rings (SSSR count). The van der Waals surface area contributed by atoms with Gasteiger partial charge in [-0.2, -0.15) is 5.10 Å². The molecule has 1 saturated carbocycles. The number of hydrogen-bond acceptors (Lipinski definition) is 5. The fourth-order valence-corrected chi connectivity index (χ4v) is 3.68. The van der Waals surface area contributed by atoms with Crippen LogP contribution in [0, 0.1) is 13.8 Å². The molecule has 1 aliphatic carbocycles. The predicted molar refractivity (Wildman–Crippen MR) is 103 cm³/mol. The molecule has 2 fully saturated rings. The topological polar surface area (TPSA) is 75.1 Å². The van der Waals surface area contributed by atoms with Crippen LogP contribution in [0.5, 0.6) is 0 Å². The van der Waals surface area contributed by atoms with Crippen molar-refractivity contribution >= 4 is 5.91 Å². The minimum absolute atomic E-state index is 0.111. The lowest BCUT2D eigenvalue weighted by Crippen LogP contribution is -2.57. The van der Waals surface area contributed by atoms with E-state index in [4.69, 9.17) is 0 Å². The number of benzene rings is 1. The number of piperazine rings is 1. The molecule has 1 unspecified atom stereocenters. The summed E-state index contributed by atoms with van der Waals surface area (Å²) in [5, 5.41) is 10.7. The van der Waals surface area contributed by atoms with Crippen molar-refractivity contribution in [3.63, 3.8) is 0 Å². The summed E-state index contributed by atoms with van der Waals surface area (Å²) in [6, 6.07) is 4.84. The number of nitrogens with zero attached hydrogens (tertiary/aromatic N) is 4. The molecule has 2 N–H and O–H groups in total. The Labute approximate surface area is 160 Å². The summed E-state index contributed by atoms with van der Waals surface area (Å²) in [6.07, 6.45) is 5.56. The summed E-state index contributed by atoms with van der Waals surface area (Å²) in [5.74, 6) is 0.148. The summed E-state index contributed by atoms with van der Waals surface area (Å²) < 4.78 is 1.85. The molecular weight excluding hydrogens is 340 g/mol. The number of rotatable bonds is 6. The number of amides is 1. The van der Waals surface area contributed by atoms with Crippen molar-refractivity contribution in [2.24, 2.45) is 0 Å². The van der Waals surface area contributed by atoms with Crippen LogP contribution < -0.4 is 10.6 Å². The minimum Gasteiger partial charge on any atom is -0.352 e. The summed E-state index contributed by atoms with van der Waals surface area (Å²) >= 11 is 0. The molecule has 27 heavy (non-hydrogen) atoms. The molecule has 1 saturated heterocycles. The molecule has 1 aromatic carbocycles. The highest BCUT2D eigenvalue weighted by Crippen LogP contribution is 2.21. The minimum atomic E-state index is -0.111. The van der Waals surface area contributed by atoms with E-state index in [1.54, 1.807) is 12.7 Å². The Bertz CT molecular complexity index is 799. The lowest BCUT2D eigenvalue weighted by atomic mass is 9.99. The van der Waals surface area contributed by atoms with Crippen LogP contribution in [-0.2, 0) is 17.9 Å². The number of nitrogens with one attached hydrogen (secondary N) is 2. The molecule has 0 bridgehead atoms. The van der Waals surface area contributed by atoms with Gasteiger partial charge in [-0.3, -0.25) is 9.69 Å². The molecule has 2 aromatic rings. The average molecular weight is 368 g/mol. The quantitative estimate of drug-likeness (QED) is 0.796. The zero-order valence-corrected chi connectivity index (χ0v) is 16.1. The van der Waals surface area contributed by atoms with Gasteiger partial charge < -0.3 is 10.6 Å². The second kappa shape index (κ2) is 7.78. The Morgan fingerprint density at radius 1 is 1.22 bits per heavy atom. The largest absolute Gasteiger partial charge is 0.352 e. The van der Waals surface area contributed by atoms with Gasteiger partial charge in [-0.15, -0.1) is 0 Å². The zero-order valence-electron chi connectivity index (χ0n) is 16.1. The van der Waals surface area contributed by atoms with Gasteiger partial charge in [0.2, 0.25) is 5.91 Å². The van der Waals surface area contributed by atoms with Gasteiger partial charge in [-0.25, -0.2) is 9.67 Å². The van der Waals surface area contributed by atoms with Crippen LogP contribution in [0.15, 0.2) is 24.8 Å². The molecule has 0 spiro atoms. The highest BCUT2D eigenvalue weighted by atomic mass is 16.2. The van der Waals surface area contributed by atoms with E-state index in [9.17, 15) is 4.79 Å². The van der Waals surface area contributed by atoms with Gasteiger partial charge in [0.15, 0.2) is 0 Å². The fraction of sp³-hybridized carbons (Fsp3) is 0.550. The Morgan fingerprint density at radius 3 is 2.70 bits per heavy atom. The Kier molecular flexibility index (Phi) is 5.22. The maximum absolute atomic E-state index is 12.4. The number of carbonyl (C=O) groups excluding carboxylic acids is 1. The van der Waals surface area contributed by atoms with E-state index >= 15 is 0 Å². The smallest absolute Gasteiger partial charge is 0.238 e. The molecule has 7 heteroatoms. The summed E-state index contributed by atoms with van der Waals surface area (Å²) in [6.45, 7) is 8.47. The van der Waals surface area contributed by atoms with Crippen molar-refractivity contribution in [1.82, 2.24) is 30.3 Å². The van der Waals surface area contributed by atoms with Gasteiger partial charge >= 0.3 is 0 Å². The molecule has 1 amide bonds. The second-order valence-corrected chi connectivity index (χ2v) is 7.82. The molecule has 2 aliphatic rings. The van der Waals surface area contributed by atoms with Gasteiger partial charge in [-0.1, -0.05) is 12.1 Å². The van der Waals surface area contributed by atoms with Crippen molar-refractivity contribution in [2.75, 3.05) is 19.6 Å². The van der Waals surface area contributed by atoms with Crippen LogP contribution in [0.2, 0.25) is 0 Å². The predicted octanol–water partition coefficient (Wildman–Crippen LogP) is 0.996. The maximum atomic E-state index is 12.4. The molecule has 2 heterocycles. The van der Waals surface area contributed by atoms with Crippen molar-refractivity contribution in [3.05, 3.63) is 47.0 Å². The Morgan fingerprint density at radius 2 is 2.00 bits per heavy atom. The van der Waals surface area contributed by atoms with Crippen molar-refractivity contribution in [1.29, 1.82) is 0 Å². The molecule has 0 radical (unpaired) electrons. The molecule has 144 valence electrons. The van der Waals surface area contributed by atoms with Crippen LogP contribution in [-0.4, -0.2) is 57.3 Å². The van der Waals surface area contributed by atoms with Gasteiger partial charge in [0.05, 0.1) is 12.6 Å². The lowest BCUT2D eigenvalue weighted by Gasteiger charge is -2.33. The van der Waals surface area contributed by atoms with Gasteiger partial charge in [0.1, 0.15) is 12.7 Å². The zero-order chi connectivity index (χ0) is 18.8. The first-order chi connectivity index (χ1) is 13.1. The van der Waals surface area contributed by atoms with E-state index in [-0.39, 0.29) is 11.9 Å². The highest BCUT2D eigenvalue weighted by Gasteiger charge is 2.30. The Hall–Kier alpha value is -2.25. The van der Waals surface area contributed by atoms with E-state index in [1.807, 2.05) is 4.68 Å². The Balaban J connectivity index is 1.43. The molecule has 1 atom stereocenters. The van der Waals surface area contributed by atoms with Gasteiger partial charge in [0, 0.05) is 32.2 Å². The van der Waals surface area contributed by atoms with Crippen molar-refractivity contribution in [2.45, 2.75) is 51.9 Å². The number of aryl methyl sites for hydroxylation is 2. The summed E-state index contributed by atoms with van der Waals surface area (Å²) in [4.78, 5) is 18.8. The third-order valence-electron chi connectivity index (χ3n) is 5.49. The van der Waals surface area contributed by atoms with E-state index in [2.05, 4.69) is 51.6 Å². The van der Waals surface area contributed by atoms with Gasteiger partial charge in [-0.05, 0) is 48.9 Å². The summed E-state index contributed by atoms with van der Waals surface area (Å²) in [7, 11) is 0. The first-order valence-corrected chi connectivity index (χ1v) is 9.76. The fourth-order valence-electron chi connectivity index (χ4n) is 3.68. The highest BCUT2D eigenvalue weighted by molar-refractivity contribution is 5.82. The van der Waals surface area contributed by atoms with Crippen molar-refractivity contribution < 1.29 is 4.79 Å². The third kappa shape index (κ3) is 4.54. The SMILES string of the molecule is Cc1cc(C)c(Cn2cncn2)cc1CN1CCNC(C(=O)NC2CC2)C1. The standard InChI is InChI=1S/C20H28N6O/c1-14-7-15(2)17(10-26-13-21-12-23-26)8-16(14)9-25-6-5-22-19(11-25)20(27)24-18-3-4-18/h7-8,12-13,18-19,22H,3-6,9-11H2,1-2H3,(H,24,27). The molecule has 1 aliphatic heterocycles. The van der Waals surface area contributed by atoms with Crippen LogP contribution in [0.1, 0.15) is 35.1 Å². The van der Waals surface area contributed by atoms with Crippen LogP contribution in [0.4, 0.5) is 0 Å². The number of carbonyl (C=O) groups is 1. The van der Waals surface area contributed by atoms with Gasteiger partial charge in [0.25, 0.3) is 0 Å². The average Bonchev–Trinajstić information content (AvgIpc) is 3.31. The normalized spacial score (nSPS) is 20.6. The first-order valence-electron chi connectivity index (χ1n) is 9.76. The first kappa shape index (κ1) is 18.1. The van der Waals surface area contributed by atoms with Crippen molar-refractivity contribution in [3.8, 4) is 0 Å². The molecular formula is C20H28N6O. The van der Waals surface area contributed by atoms with E-state index in [0.29, 0.717) is 6.04 Å². The second-order valence-electron chi connectivity index (χ2n) is 7.82. The number of hydrogen-bond donors (Lipinski definition) is 2. The van der Waals surface area contributed by atoms with E-state index in [0.717, 1.165) is 45.6 Å². The van der Waals surface area contributed by atoms with Crippen LogP contribution >= 0.6 is 0 Å². The summed E-state index contributed by atoms with van der Waals surface area (Å²) in [5.41, 5.74) is 5.15. The third-order valence-corrected chi connectivity index (χ3v) is 5.49. The molecule has 7 nitrogen and oxygen atoms in total. The maximum Gasteiger partial charge on any atom is 0.238 e. The van der Waals surface area contributed by atoms with E-state index < -0.39 is 0 Å². The number of aromatic nitrogens is 3. The monoisotopic (exact) mass is 368 g/mol. The molecule has 1 aromatic heterocycles. The van der Waals surface area contributed by atoms with E-state index in [1.165, 1.54) is 22.3 Å². The lowest BCUT2D eigenvalue weighted by molar-refractivity contribution is -0.124.